The Morgan fingerprint density at radius 3 is 2.65 bits per heavy atom. The fraction of sp³-hybridized carbons (Fsp3) is 0.533. The zero-order valence-electron chi connectivity index (χ0n) is 11.8. The van der Waals surface area contributed by atoms with E-state index in [9.17, 15) is 4.79 Å². The van der Waals surface area contributed by atoms with Crippen LogP contribution in [0.1, 0.15) is 18.9 Å². The van der Waals surface area contributed by atoms with Gasteiger partial charge in [0, 0.05) is 5.69 Å². The summed E-state index contributed by atoms with van der Waals surface area (Å²) >= 11 is 6.13. The molecule has 1 amide bonds. The fourth-order valence-electron chi connectivity index (χ4n) is 2.18. The van der Waals surface area contributed by atoms with Crippen molar-refractivity contribution < 1.29 is 14.3 Å². The molecule has 0 spiro atoms. The van der Waals surface area contributed by atoms with Crippen molar-refractivity contribution in [2.45, 2.75) is 31.9 Å². The van der Waals surface area contributed by atoms with Crippen LogP contribution in [0.2, 0.25) is 0 Å². The Bertz CT molecular complexity index is 460. The largest absolute Gasteiger partial charge is 0.348 e. The first kappa shape index (κ1) is 15.3. The second kappa shape index (κ2) is 7.07. The molecule has 0 radical (unpaired) electrons. The normalized spacial score (nSPS) is 17.1. The maximum absolute atomic E-state index is 12.5. The van der Waals surface area contributed by atoms with Gasteiger partial charge in [-0.05, 0) is 25.0 Å². The number of carbonyl (C=O) groups is 1. The van der Waals surface area contributed by atoms with Crippen molar-refractivity contribution in [3.63, 3.8) is 0 Å². The summed E-state index contributed by atoms with van der Waals surface area (Å²) in [5.41, 5.74) is 1.88. The summed E-state index contributed by atoms with van der Waals surface area (Å²) in [5.74, 6) is -0.109. The van der Waals surface area contributed by atoms with Gasteiger partial charge in [0.1, 0.15) is 5.38 Å². The molecule has 1 aromatic carbocycles. The minimum atomic E-state index is -0.531. The molecule has 1 atom stereocenters. The number of aryl methyl sites for hydroxylation is 1. The van der Waals surface area contributed by atoms with Gasteiger partial charge >= 0.3 is 0 Å². The van der Waals surface area contributed by atoms with Crippen LogP contribution in [0.3, 0.4) is 0 Å². The van der Waals surface area contributed by atoms with Crippen LogP contribution in [0.25, 0.3) is 0 Å². The zero-order chi connectivity index (χ0) is 14.5. The van der Waals surface area contributed by atoms with Gasteiger partial charge in [-0.15, -0.1) is 11.6 Å². The number of ether oxygens (including phenoxy) is 2. The van der Waals surface area contributed by atoms with E-state index < -0.39 is 5.38 Å². The Morgan fingerprint density at radius 1 is 1.40 bits per heavy atom. The van der Waals surface area contributed by atoms with Crippen molar-refractivity contribution in [1.82, 2.24) is 0 Å². The van der Waals surface area contributed by atoms with Crippen molar-refractivity contribution >= 4 is 23.2 Å². The molecule has 1 heterocycles. The number of carbonyl (C=O) groups excluding carboxylic acids is 1. The topological polar surface area (TPSA) is 38.8 Å². The number of nitrogens with zero attached hydrogens (tertiary/aromatic N) is 1. The quantitative estimate of drug-likeness (QED) is 0.785. The molecule has 110 valence electrons. The lowest BCUT2D eigenvalue weighted by molar-refractivity contribution is -0.119. The van der Waals surface area contributed by atoms with Gasteiger partial charge in [-0.3, -0.25) is 4.79 Å². The highest BCUT2D eigenvalue weighted by atomic mass is 35.5. The molecule has 0 bridgehead atoms. The van der Waals surface area contributed by atoms with E-state index in [0.29, 0.717) is 26.2 Å². The number of halogens is 1. The van der Waals surface area contributed by atoms with Gasteiger partial charge in [0.15, 0.2) is 6.29 Å². The maximum Gasteiger partial charge on any atom is 0.245 e. The van der Waals surface area contributed by atoms with Crippen molar-refractivity contribution in [3.8, 4) is 0 Å². The Labute approximate surface area is 124 Å². The Hall–Kier alpha value is -1.10. The molecule has 1 saturated heterocycles. The number of amides is 1. The molecule has 1 aliphatic rings. The summed E-state index contributed by atoms with van der Waals surface area (Å²) in [7, 11) is 0. The number of benzene rings is 1. The van der Waals surface area contributed by atoms with Crippen molar-refractivity contribution in [2.24, 2.45) is 0 Å². The molecular weight excluding hydrogens is 278 g/mol. The molecule has 20 heavy (non-hydrogen) atoms. The third kappa shape index (κ3) is 3.51. The molecule has 0 saturated carbocycles. The second-order valence-corrected chi connectivity index (χ2v) is 5.31. The summed E-state index contributed by atoms with van der Waals surface area (Å²) in [6, 6.07) is 7.75. The summed E-state index contributed by atoms with van der Waals surface area (Å²) in [6.07, 6.45) is 0.217. The van der Waals surface area contributed by atoms with Gasteiger partial charge in [-0.2, -0.15) is 0 Å². The standard InChI is InChI=1S/C15H20ClNO3/c1-3-12(16)15(18)17(10-14-19-8-9-20-14)13-7-5-4-6-11(13)2/h4-7,12,14H,3,8-10H2,1-2H3. The summed E-state index contributed by atoms with van der Waals surface area (Å²) < 4.78 is 10.9. The highest BCUT2D eigenvalue weighted by Crippen LogP contribution is 2.23. The molecule has 0 N–H and O–H groups in total. The van der Waals surface area contributed by atoms with Crippen LogP contribution < -0.4 is 4.90 Å². The first-order chi connectivity index (χ1) is 9.63. The van der Waals surface area contributed by atoms with E-state index in [4.69, 9.17) is 21.1 Å². The number of alkyl halides is 1. The third-order valence-corrected chi connectivity index (χ3v) is 3.82. The predicted octanol–water partition coefficient (Wildman–Crippen LogP) is 2.72. The Kier molecular flexibility index (Phi) is 5.40. The number of para-hydroxylation sites is 1. The molecule has 4 nitrogen and oxygen atoms in total. The highest BCUT2D eigenvalue weighted by Gasteiger charge is 2.28. The van der Waals surface area contributed by atoms with Crippen LogP contribution in [0.4, 0.5) is 5.69 Å². The lowest BCUT2D eigenvalue weighted by Gasteiger charge is -2.28. The molecular formula is C15H20ClNO3. The van der Waals surface area contributed by atoms with Gasteiger partial charge in [-0.1, -0.05) is 25.1 Å². The van der Waals surface area contributed by atoms with E-state index >= 15 is 0 Å². The van der Waals surface area contributed by atoms with Crippen LogP contribution in [0.5, 0.6) is 0 Å². The highest BCUT2D eigenvalue weighted by molar-refractivity contribution is 6.32. The average Bonchev–Trinajstić information content (AvgIpc) is 2.97. The summed E-state index contributed by atoms with van der Waals surface area (Å²) in [6.45, 7) is 5.37. The van der Waals surface area contributed by atoms with E-state index in [1.54, 1.807) is 4.90 Å². The van der Waals surface area contributed by atoms with Crippen LogP contribution in [-0.2, 0) is 14.3 Å². The second-order valence-electron chi connectivity index (χ2n) is 4.78. The zero-order valence-corrected chi connectivity index (χ0v) is 12.6. The maximum atomic E-state index is 12.5. The molecule has 2 rings (SSSR count). The van der Waals surface area contributed by atoms with E-state index in [1.165, 1.54) is 0 Å². The third-order valence-electron chi connectivity index (χ3n) is 3.32. The van der Waals surface area contributed by atoms with Crippen molar-refractivity contribution in [3.05, 3.63) is 29.8 Å². The van der Waals surface area contributed by atoms with Crippen LogP contribution in [-0.4, -0.2) is 37.3 Å². The predicted molar refractivity (Wildman–Crippen MR) is 79.2 cm³/mol. The SMILES string of the molecule is CCC(Cl)C(=O)N(CC1OCCO1)c1ccccc1C. The van der Waals surface area contributed by atoms with Gasteiger partial charge in [0.2, 0.25) is 5.91 Å². The van der Waals surface area contributed by atoms with Crippen molar-refractivity contribution in [2.75, 3.05) is 24.7 Å². The van der Waals surface area contributed by atoms with Gasteiger partial charge < -0.3 is 14.4 Å². The summed E-state index contributed by atoms with van der Waals surface area (Å²) in [4.78, 5) is 14.2. The van der Waals surface area contributed by atoms with Gasteiger partial charge in [0.05, 0.1) is 19.8 Å². The number of hydrogen-bond acceptors (Lipinski definition) is 3. The molecule has 0 aromatic heterocycles. The number of rotatable bonds is 5. The smallest absolute Gasteiger partial charge is 0.245 e. The molecule has 5 heteroatoms. The van der Waals surface area contributed by atoms with Crippen LogP contribution in [0.15, 0.2) is 24.3 Å². The lowest BCUT2D eigenvalue weighted by Crippen LogP contribution is -2.42. The first-order valence-electron chi connectivity index (χ1n) is 6.87. The van der Waals surface area contributed by atoms with E-state index in [2.05, 4.69) is 0 Å². The minimum Gasteiger partial charge on any atom is -0.348 e. The molecule has 1 unspecified atom stereocenters. The molecule has 1 aromatic rings. The average molecular weight is 298 g/mol. The van der Waals surface area contributed by atoms with Crippen LogP contribution in [0, 0.1) is 6.92 Å². The molecule has 1 aliphatic heterocycles. The number of hydrogen-bond donors (Lipinski definition) is 0. The molecule has 1 fully saturated rings. The Balaban J connectivity index is 2.23. The first-order valence-corrected chi connectivity index (χ1v) is 7.31. The van der Waals surface area contributed by atoms with E-state index in [0.717, 1.165) is 11.3 Å². The minimum absolute atomic E-state index is 0.109. The lowest BCUT2D eigenvalue weighted by atomic mass is 10.1. The summed E-state index contributed by atoms with van der Waals surface area (Å²) in [5, 5.41) is -0.531. The molecule has 0 aliphatic carbocycles. The monoisotopic (exact) mass is 297 g/mol. The van der Waals surface area contributed by atoms with Crippen molar-refractivity contribution in [1.29, 1.82) is 0 Å². The van der Waals surface area contributed by atoms with Crippen LogP contribution >= 0.6 is 11.6 Å². The Morgan fingerprint density at radius 2 is 2.05 bits per heavy atom. The van der Waals surface area contributed by atoms with Gasteiger partial charge in [-0.25, -0.2) is 0 Å². The van der Waals surface area contributed by atoms with Gasteiger partial charge in [0.25, 0.3) is 0 Å². The van der Waals surface area contributed by atoms with E-state index in [1.807, 2.05) is 38.1 Å². The fourth-order valence-corrected chi connectivity index (χ4v) is 2.30. The number of anilines is 1. The van der Waals surface area contributed by atoms with E-state index in [-0.39, 0.29) is 12.2 Å².